The first-order valence-corrected chi connectivity index (χ1v) is 6.86. The van der Waals surface area contributed by atoms with Crippen LogP contribution in [0.3, 0.4) is 0 Å². The zero-order valence-corrected chi connectivity index (χ0v) is 12.3. The first-order valence-electron chi connectivity index (χ1n) is 6.28. The number of hydrogen-bond donors (Lipinski definition) is 1. The van der Waals surface area contributed by atoms with Crippen LogP contribution in [0.2, 0.25) is 0 Å². The maximum Gasteiger partial charge on any atom is 0.00970 e. The zero-order valence-electron chi connectivity index (χ0n) is 11.1. The molecule has 15 heavy (non-hydrogen) atoms. The molecule has 2 heteroatoms. The lowest BCUT2D eigenvalue weighted by molar-refractivity contribution is 0.439. The van der Waals surface area contributed by atoms with Crippen molar-refractivity contribution in [1.82, 2.24) is 0 Å². The standard InChI is InChI=1S/C13H30NP/c1-12(2,14)10-8-6-5-7-9-11-13(3,4)15/h5-11,14-15H2,1-4H3. The average Bonchev–Trinajstić information content (AvgIpc) is 1.98. The van der Waals surface area contributed by atoms with E-state index in [1.165, 1.54) is 38.5 Å². The summed E-state index contributed by atoms with van der Waals surface area (Å²) >= 11 is 0. The van der Waals surface area contributed by atoms with Gasteiger partial charge in [-0.2, -0.15) is 0 Å². The maximum absolute atomic E-state index is 5.93. The Morgan fingerprint density at radius 2 is 1.20 bits per heavy atom. The summed E-state index contributed by atoms with van der Waals surface area (Å²) < 4.78 is 0. The van der Waals surface area contributed by atoms with E-state index < -0.39 is 0 Å². The molecule has 92 valence electrons. The molecule has 0 aromatic heterocycles. The van der Waals surface area contributed by atoms with Crippen LogP contribution in [0.15, 0.2) is 0 Å². The third-order valence-corrected chi connectivity index (χ3v) is 2.93. The summed E-state index contributed by atoms with van der Waals surface area (Å²) in [4.78, 5) is 0. The molecular formula is C13H30NP. The van der Waals surface area contributed by atoms with Crippen molar-refractivity contribution in [2.45, 2.75) is 83.3 Å². The molecule has 0 saturated heterocycles. The van der Waals surface area contributed by atoms with Crippen molar-refractivity contribution < 1.29 is 0 Å². The van der Waals surface area contributed by atoms with Gasteiger partial charge in [0.15, 0.2) is 0 Å². The summed E-state index contributed by atoms with van der Waals surface area (Å²) in [5, 5.41) is 0.430. The SMILES string of the molecule is CC(C)(N)CCCCCCCC(C)(C)P. The van der Waals surface area contributed by atoms with Crippen LogP contribution in [0.25, 0.3) is 0 Å². The van der Waals surface area contributed by atoms with Crippen LogP contribution < -0.4 is 5.73 Å². The van der Waals surface area contributed by atoms with Gasteiger partial charge in [0.2, 0.25) is 0 Å². The van der Waals surface area contributed by atoms with E-state index in [1.807, 2.05) is 0 Å². The van der Waals surface area contributed by atoms with Crippen LogP contribution >= 0.6 is 9.24 Å². The Balaban J connectivity index is 3.20. The van der Waals surface area contributed by atoms with E-state index in [2.05, 4.69) is 36.9 Å². The van der Waals surface area contributed by atoms with Gasteiger partial charge in [0, 0.05) is 5.54 Å². The molecule has 1 nitrogen and oxygen atoms in total. The number of rotatable bonds is 8. The Morgan fingerprint density at radius 3 is 1.60 bits per heavy atom. The molecule has 0 fully saturated rings. The lowest BCUT2D eigenvalue weighted by Gasteiger charge is -2.18. The number of unbranched alkanes of at least 4 members (excludes halogenated alkanes) is 4. The summed E-state index contributed by atoms with van der Waals surface area (Å²) in [7, 11) is 2.92. The fourth-order valence-corrected chi connectivity index (χ4v) is 1.90. The predicted molar refractivity (Wildman–Crippen MR) is 74.4 cm³/mol. The first-order chi connectivity index (χ1) is 6.71. The third kappa shape index (κ3) is 14.4. The van der Waals surface area contributed by atoms with E-state index in [9.17, 15) is 0 Å². The molecule has 0 aliphatic rings. The fourth-order valence-electron chi connectivity index (χ4n) is 1.69. The van der Waals surface area contributed by atoms with Gasteiger partial charge in [0.25, 0.3) is 0 Å². The highest BCUT2D eigenvalue weighted by atomic mass is 31.0. The third-order valence-electron chi connectivity index (χ3n) is 2.64. The minimum Gasteiger partial charge on any atom is -0.326 e. The van der Waals surface area contributed by atoms with Crippen LogP contribution in [0.4, 0.5) is 0 Å². The van der Waals surface area contributed by atoms with E-state index >= 15 is 0 Å². The first kappa shape index (κ1) is 15.4. The quantitative estimate of drug-likeness (QED) is 0.494. The van der Waals surface area contributed by atoms with E-state index in [0.717, 1.165) is 6.42 Å². The summed E-state index contributed by atoms with van der Waals surface area (Å²) in [6.07, 6.45) is 9.22. The Bertz CT molecular complexity index is 135. The Labute approximate surface area is 98.8 Å². The molecule has 0 aromatic rings. The smallest absolute Gasteiger partial charge is 0.00970 e. The largest absolute Gasteiger partial charge is 0.326 e. The van der Waals surface area contributed by atoms with Gasteiger partial charge in [-0.3, -0.25) is 0 Å². The monoisotopic (exact) mass is 231 g/mol. The second-order valence-electron chi connectivity index (χ2n) is 6.24. The maximum atomic E-state index is 5.93. The fraction of sp³-hybridized carbons (Fsp3) is 1.00. The van der Waals surface area contributed by atoms with Gasteiger partial charge < -0.3 is 5.73 Å². The van der Waals surface area contributed by atoms with E-state index in [-0.39, 0.29) is 5.54 Å². The zero-order chi connectivity index (χ0) is 11.9. The molecule has 0 aliphatic carbocycles. The van der Waals surface area contributed by atoms with Crippen LogP contribution in [0.1, 0.15) is 72.6 Å². The van der Waals surface area contributed by atoms with E-state index in [4.69, 9.17) is 5.73 Å². The molecule has 1 unspecified atom stereocenters. The molecule has 0 bridgehead atoms. The molecular weight excluding hydrogens is 201 g/mol. The highest BCUT2D eigenvalue weighted by Crippen LogP contribution is 2.24. The molecule has 0 aromatic carbocycles. The lowest BCUT2D eigenvalue weighted by atomic mass is 9.97. The highest BCUT2D eigenvalue weighted by Gasteiger charge is 2.10. The van der Waals surface area contributed by atoms with Crippen molar-refractivity contribution in [2.75, 3.05) is 0 Å². The second kappa shape index (κ2) is 6.86. The average molecular weight is 231 g/mol. The Kier molecular flexibility index (Phi) is 7.04. The normalized spacial score (nSPS) is 13.2. The van der Waals surface area contributed by atoms with Gasteiger partial charge in [0.05, 0.1) is 0 Å². The predicted octanol–water partition coefficient (Wildman–Crippen LogP) is 4.11. The number of hydrogen-bond acceptors (Lipinski definition) is 1. The highest BCUT2D eigenvalue weighted by molar-refractivity contribution is 7.18. The van der Waals surface area contributed by atoms with Crippen LogP contribution in [-0.4, -0.2) is 10.7 Å². The minimum absolute atomic E-state index is 0.0298. The van der Waals surface area contributed by atoms with Gasteiger partial charge in [0.1, 0.15) is 0 Å². The molecule has 0 rings (SSSR count). The molecule has 0 saturated carbocycles. The second-order valence-corrected chi connectivity index (χ2v) is 7.81. The van der Waals surface area contributed by atoms with Crippen molar-refractivity contribution in [2.24, 2.45) is 5.73 Å². The molecule has 1 atom stereocenters. The van der Waals surface area contributed by atoms with Crippen LogP contribution in [0, 0.1) is 0 Å². The van der Waals surface area contributed by atoms with Gasteiger partial charge in [-0.1, -0.05) is 46.0 Å². The summed E-state index contributed by atoms with van der Waals surface area (Å²) in [5.74, 6) is 0. The summed E-state index contributed by atoms with van der Waals surface area (Å²) in [6, 6.07) is 0. The van der Waals surface area contributed by atoms with Gasteiger partial charge in [-0.05, 0) is 31.8 Å². The Hall–Kier alpha value is 0.390. The van der Waals surface area contributed by atoms with Gasteiger partial charge in [-0.15, -0.1) is 9.24 Å². The lowest BCUT2D eigenvalue weighted by Crippen LogP contribution is -2.31. The van der Waals surface area contributed by atoms with Gasteiger partial charge >= 0.3 is 0 Å². The topological polar surface area (TPSA) is 26.0 Å². The van der Waals surface area contributed by atoms with Crippen molar-refractivity contribution >= 4 is 9.24 Å². The van der Waals surface area contributed by atoms with Crippen molar-refractivity contribution in [3.8, 4) is 0 Å². The van der Waals surface area contributed by atoms with Gasteiger partial charge in [-0.25, -0.2) is 0 Å². The van der Waals surface area contributed by atoms with E-state index in [0.29, 0.717) is 5.16 Å². The van der Waals surface area contributed by atoms with E-state index in [1.54, 1.807) is 0 Å². The van der Waals surface area contributed by atoms with Crippen molar-refractivity contribution in [1.29, 1.82) is 0 Å². The van der Waals surface area contributed by atoms with Crippen LogP contribution in [-0.2, 0) is 0 Å². The Morgan fingerprint density at radius 1 is 0.800 bits per heavy atom. The summed E-state index contributed by atoms with van der Waals surface area (Å²) in [5.41, 5.74) is 5.96. The molecule has 0 aliphatic heterocycles. The molecule has 2 N–H and O–H groups in total. The molecule has 0 radical (unpaired) electrons. The molecule has 0 heterocycles. The van der Waals surface area contributed by atoms with Crippen molar-refractivity contribution in [3.05, 3.63) is 0 Å². The molecule has 0 spiro atoms. The molecule has 0 amide bonds. The minimum atomic E-state index is 0.0298. The van der Waals surface area contributed by atoms with Crippen molar-refractivity contribution in [3.63, 3.8) is 0 Å². The number of nitrogens with two attached hydrogens (primary N) is 1. The van der Waals surface area contributed by atoms with Crippen LogP contribution in [0.5, 0.6) is 0 Å². The summed E-state index contributed by atoms with van der Waals surface area (Å²) in [6.45, 7) is 8.80.